The van der Waals surface area contributed by atoms with Gasteiger partial charge in [0, 0.05) is 40.5 Å². The van der Waals surface area contributed by atoms with Crippen molar-refractivity contribution < 1.29 is 9.59 Å². The third-order valence-corrected chi connectivity index (χ3v) is 6.74. The van der Waals surface area contributed by atoms with E-state index in [2.05, 4.69) is 84.4 Å². The number of benzene rings is 1. The Hall–Kier alpha value is -2.43. The van der Waals surface area contributed by atoms with Crippen LogP contribution in [0.4, 0.5) is 5.69 Å². The number of fused-ring (bicyclic) bond motifs is 1. The van der Waals surface area contributed by atoms with E-state index in [1.54, 1.807) is 0 Å². The van der Waals surface area contributed by atoms with Gasteiger partial charge in [-0.15, -0.1) is 0 Å². The van der Waals surface area contributed by atoms with Gasteiger partial charge >= 0.3 is 6.15 Å². The van der Waals surface area contributed by atoms with Gasteiger partial charge in [0.1, 0.15) is 5.65 Å². The highest BCUT2D eigenvalue weighted by atomic mass is 79.9. The van der Waals surface area contributed by atoms with Crippen molar-refractivity contribution in [1.82, 2.24) is 9.55 Å². The van der Waals surface area contributed by atoms with Crippen LogP contribution < -0.4 is 4.90 Å². The number of anilines is 1. The van der Waals surface area contributed by atoms with E-state index >= 15 is 0 Å². The molecule has 0 aliphatic carbocycles. The molecule has 4 rings (SSSR count). The van der Waals surface area contributed by atoms with Crippen molar-refractivity contribution in [2.75, 3.05) is 18.0 Å². The van der Waals surface area contributed by atoms with Gasteiger partial charge in [0.25, 0.3) is 0 Å². The number of carbonyl (C=O) groups excluding carboxylic acids is 2. The van der Waals surface area contributed by atoms with Crippen LogP contribution in [0.1, 0.15) is 48.6 Å². The van der Waals surface area contributed by atoms with Gasteiger partial charge in [0.2, 0.25) is 0 Å². The summed E-state index contributed by atoms with van der Waals surface area (Å²) < 4.78 is 3.43. The highest BCUT2D eigenvalue weighted by molar-refractivity contribution is 9.10. The van der Waals surface area contributed by atoms with Gasteiger partial charge in [0.05, 0.1) is 5.69 Å². The third-order valence-electron chi connectivity index (χ3n) is 6.28. The van der Waals surface area contributed by atoms with Crippen molar-refractivity contribution in [3.05, 3.63) is 51.3 Å². The van der Waals surface area contributed by atoms with E-state index < -0.39 is 0 Å². The lowest BCUT2D eigenvalue weighted by Crippen LogP contribution is -2.33. The van der Waals surface area contributed by atoms with Gasteiger partial charge in [-0.2, -0.15) is 9.59 Å². The second-order valence-electron chi connectivity index (χ2n) is 8.47. The standard InChI is InChI=1S/C24H30BrN3.CO2/c1-6-19-7-9-27(10-8-19)21-13-18(5)26-24-22(21)17(4)14-28(24)23-15(2)11-20(25)12-16(23)3;2-1-3/h11-14,19H,6-10H2,1-5H3;. The molecule has 1 aromatic carbocycles. The zero-order valence-corrected chi connectivity index (χ0v) is 20.5. The molecule has 164 valence electrons. The molecule has 1 fully saturated rings. The molecule has 0 radical (unpaired) electrons. The van der Waals surface area contributed by atoms with E-state index in [1.807, 2.05) is 0 Å². The Bertz CT molecular complexity index is 1100. The summed E-state index contributed by atoms with van der Waals surface area (Å²) in [7, 11) is 0. The molecule has 1 aliphatic heterocycles. The molecule has 1 aliphatic rings. The number of nitrogens with zero attached hydrogens (tertiary/aromatic N) is 3. The maximum atomic E-state index is 8.12. The van der Waals surface area contributed by atoms with E-state index in [4.69, 9.17) is 14.6 Å². The van der Waals surface area contributed by atoms with Crippen molar-refractivity contribution >= 4 is 38.8 Å². The van der Waals surface area contributed by atoms with Crippen molar-refractivity contribution in [1.29, 1.82) is 0 Å². The van der Waals surface area contributed by atoms with Gasteiger partial charge in [0.15, 0.2) is 0 Å². The predicted octanol–water partition coefficient (Wildman–Crippen LogP) is 6.06. The lowest BCUT2D eigenvalue weighted by Gasteiger charge is -2.34. The molecule has 0 saturated carbocycles. The average molecular weight is 484 g/mol. The highest BCUT2D eigenvalue weighted by Gasteiger charge is 2.23. The molecule has 31 heavy (non-hydrogen) atoms. The Morgan fingerprint density at radius 3 is 2.16 bits per heavy atom. The molecule has 3 aromatic rings. The van der Waals surface area contributed by atoms with Crippen LogP contribution in [0, 0.1) is 33.6 Å². The number of aromatic nitrogens is 2. The number of rotatable bonds is 3. The number of aryl methyl sites for hydroxylation is 4. The van der Waals surface area contributed by atoms with Crippen LogP contribution in [-0.4, -0.2) is 28.8 Å². The molecule has 0 N–H and O–H groups in total. The summed E-state index contributed by atoms with van der Waals surface area (Å²) in [5, 5.41) is 1.31. The summed E-state index contributed by atoms with van der Waals surface area (Å²) in [6.07, 6.45) is 6.41. The smallest absolute Gasteiger partial charge is 0.371 e. The van der Waals surface area contributed by atoms with E-state index in [9.17, 15) is 0 Å². The molecule has 6 heteroatoms. The molecular formula is C25H30BrN3O2. The fourth-order valence-corrected chi connectivity index (χ4v) is 5.48. The van der Waals surface area contributed by atoms with Crippen molar-refractivity contribution in [2.24, 2.45) is 5.92 Å². The number of piperidine rings is 1. The van der Waals surface area contributed by atoms with Crippen LogP contribution in [0.15, 0.2) is 28.9 Å². The summed E-state index contributed by atoms with van der Waals surface area (Å²) in [4.78, 5) is 23.8. The molecule has 0 unspecified atom stereocenters. The summed E-state index contributed by atoms with van der Waals surface area (Å²) >= 11 is 3.63. The van der Waals surface area contributed by atoms with Gasteiger partial charge in [-0.3, -0.25) is 0 Å². The van der Waals surface area contributed by atoms with Crippen molar-refractivity contribution in [3.63, 3.8) is 0 Å². The molecule has 2 aromatic heterocycles. The minimum absolute atomic E-state index is 0.250. The quantitative estimate of drug-likeness (QED) is 0.453. The maximum Gasteiger partial charge on any atom is 0.373 e. The minimum atomic E-state index is 0.250. The van der Waals surface area contributed by atoms with Crippen molar-refractivity contribution in [2.45, 2.75) is 53.9 Å². The maximum absolute atomic E-state index is 8.12. The first kappa shape index (κ1) is 23.2. The zero-order valence-electron chi connectivity index (χ0n) is 19.0. The molecule has 0 spiro atoms. The summed E-state index contributed by atoms with van der Waals surface area (Å²) in [5.74, 6) is 0.883. The second kappa shape index (κ2) is 9.80. The number of hydrogen-bond acceptors (Lipinski definition) is 4. The van der Waals surface area contributed by atoms with E-state index in [1.165, 1.54) is 52.7 Å². The van der Waals surface area contributed by atoms with Crippen LogP contribution in [0.5, 0.6) is 0 Å². The summed E-state index contributed by atoms with van der Waals surface area (Å²) in [6, 6.07) is 6.67. The fraction of sp³-hybridized carbons (Fsp3) is 0.440. The van der Waals surface area contributed by atoms with Crippen LogP contribution in [0.3, 0.4) is 0 Å². The van der Waals surface area contributed by atoms with Crippen LogP contribution in [0.2, 0.25) is 0 Å². The molecule has 0 atom stereocenters. The molecule has 1 saturated heterocycles. The van der Waals surface area contributed by atoms with E-state index in [0.717, 1.165) is 34.8 Å². The van der Waals surface area contributed by atoms with E-state index in [-0.39, 0.29) is 6.15 Å². The Balaban J connectivity index is 0.000000858. The average Bonchev–Trinajstić information content (AvgIpc) is 3.03. The zero-order chi connectivity index (χ0) is 22.7. The molecule has 0 bridgehead atoms. The molecule has 5 nitrogen and oxygen atoms in total. The van der Waals surface area contributed by atoms with Gasteiger partial charge in [-0.25, -0.2) is 4.98 Å². The van der Waals surface area contributed by atoms with Gasteiger partial charge in [-0.1, -0.05) is 29.3 Å². The topological polar surface area (TPSA) is 55.2 Å². The van der Waals surface area contributed by atoms with Crippen LogP contribution in [0.25, 0.3) is 16.7 Å². The van der Waals surface area contributed by atoms with Gasteiger partial charge in [-0.05, 0) is 81.3 Å². The number of halogens is 1. The minimum Gasteiger partial charge on any atom is -0.371 e. The Morgan fingerprint density at radius 2 is 1.61 bits per heavy atom. The predicted molar refractivity (Wildman–Crippen MR) is 128 cm³/mol. The second-order valence-corrected chi connectivity index (χ2v) is 9.39. The normalized spacial score (nSPS) is 14.3. The largest absolute Gasteiger partial charge is 0.373 e. The molecule has 0 amide bonds. The summed E-state index contributed by atoms with van der Waals surface area (Å²) in [5.41, 5.74) is 8.60. The first-order valence-corrected chi connectivity index (χ1v) is 11.6. The lowest BCUT2D eigenvalue weighted by molar-refractivity contribution is -0.191. The van der Waals surface area contributed by atoms with Crippen LogP contribution in [-0.2, 0) is 9.59 Å². The molecule has 3 heterocycles. The van der Waals surface area contributed by atoms with Crippen molar-refractivity contribution in [3.8, 4) is 5.69 Å². The Morgan fingerprint density at radius 1 is 1.03 bits per heavy atom. The van der Waals surface area contributed by atoms with Gasteiger partial charge < -0.3 is 9.47 Å². The summed E-state index contributed by atoms with van der Waals surface area (Å²) in [6.45, 7) is 13.3. The fourth-order valence-electron chi connectivity index (χ4n) is 4.80. The highest BCUT2D eigenvalue weighted by Crippen LogP contribution is 2.36. The first-order valence-electron chi connectivity index (χ1n) is 10.8. The Kier molecular flexibility index (Phi) is 7.34. The van der Waals surface area contributed by atoms with Crippen LogP contribution >= 0.6 is 15.9 Å². The SMILES string of the molecule is CCC1CCN(c2cc(C)nc3c2c(C)cn3-c2c(C)cc(Br)cc2C)CC1.O=C=O. The molecular weight excluding hydrogens is 454 g/mol. The monoisotopic (exact) mass is 483 g/mol. The van der Waals surface area contributed by atoms with E-state index in [0.29, 0.717) is 0 Å². The first-order chi connectivity index (χ1) is 14.8. The lowest BCUT2D eigenvalue weighted by atomic mass is 9.94. The number of pyridine rings is 1. The number of hydrogen-bond donors (Lipinski definition) is 0. The third kappa shape index (κ3) is 4.76. The Labute approximate surface area is 192 Å².